The molecule has 0 aromatic heterocycles. The van der Waals surface area contributed by atoms with Crippen LogP contribution in [0.5, 0.6) is 5.75 Å². The van der Waals surface area contributed by atoms with Crippen LogP contribution in [-0.4, -0.2) is 31.2 Å². The number of anilines is 1. The van der Waals surface area contributed by atoms with Gasteiger partial charge in [-0.3, -0.25) is 9.59 Å². The summed E-state index contributed by atoms with van der Waals surface area (Å²) in [4.78, 5) is 24.6. The van der Waals surface area contributed by atoms with Crippen LogP contribution in [0.1, 0.15) is 24.0 Å². The van der Waals surface area contributed by atoms with E-state index in [0.717, 1.165) is 16.9 Å². The Hall–Kier alpha value is -3.15. The van der Waals surface area contributed by atoms with Crippen LogP contribution in [-0.2, 0) is 16.0 Å². The topological polar surface area (TPSA) is 71.0 Å². The van der Waals surface area contributed by atoms with Gasteiger partial charge in [-0.2, -0.15) is 5.10 Å². The summed E-state index contributed by atoms with van der Waals surface area (Å²) in [5, 5.41) is 8.47. The lowest BCUT2D eigenvalue weighted by Crippen LogP contribution is -2.39. The Kier molecular flexibility index (Phi) is 5.86. The van der Waals surface area contributed by atoms with Gasteiger partial charge in [0, 0.05) is 19.4 Å². The van der Waals surface area contributed by atoms with Gasteiger partial charge in [-0.15, -0.1) is 0 Å². The number of benzene rings is 2. The summed E-state index contributed by atoms with van der Waals surface area (Å²) in [6.07, 6.45) is 1.28. The zero-order valence-electron chi connectivity index (χ0n) is 15.6. The number of carbonyl (C=O) groups is 2. The molecule has 140 valence electrons. The van der Waals surface area contributed by atoms with Gasteiger partial charge in [-0.1, -0.05) is 35.9 Å². The Labute approximate surface area is 158 Å². The number of methoxy groups -OCH3 is 1. The summed E-state index contributed by atoms with van der Waals surface area (Å²) in [5.41, 5.74) is 3.22. The molecule has 0 aliphatic carbocycles. The molecule has 2 amide bonds. The molecule has 6 heteroatoms. The quantitative estimate of drug-likeness (QED) is 0.856. The van der Waals surface area contributed by atoms with Crippen molar-refractivity contribution in [3.05, 3.63) is 59.7 Å². The maximum atomic E-state index is 12.5. The smallest absolute Gasteiger partial charge is 0.267 e. The minimum Gasteiger partial charge on any atom is -0.496 e. The van der Waals surface area contributed by atoms with Crippen molar-refractivity contribution in [3.63, 3.8) is 0 Å². The number of nitrogens with one attached hydrogen (secondary N) is 1. The molecular weight excluding hydrogens is 342 g/mol. The molecule has 1 aliphatic heterocycles. The van der Waals surface area contributed by atoms with Crippen LogP contribution < -0.4 is 15.1 Å². The summed E-state index contributed by atoms with van der Waals surface area (Å²) in [6.45, 7) is 2.49. The fraction of sp³-hybridized carbons (Fsp3) is 0.286. The van der Waals surface area contributed by atoms with Gasteiger partial charge in [0.1, 0.15) is 11.5 Å². The first kappa shape index (κ1) is 18.6. The molecule has 0 saturated heterocycles. The second kappa shape index (κ2) is 8.49. The number of para-hydroxylation sites is 1. The molecule has 1 N–H and O–H groups in total. The number of ether oxygens (including phenoxy) is 1. The zero-order chi connectivity index (χ0) is 19.2. The molecule has 1 aliphatic rings. The predicted octanol–water partition coefficient (Wildman–Crippen LogP) is 2.85. The fourth-order valence-electron chi connectivity index (χ4n) is 3.00. The van der Waals surface area contributed by atoms with Gasteiger partial charge in [-0.25, -0.2) is 5.01 Å². The molecule has 1 heterocycles. The molecule has 0 fully saturated rings. The molecule has 0 saturated carbocycles. The molecule has 0 unspecified atom stereocenters. The number of hydrazone groups is 1. The second-order valence-electron chi connectivity index (χ2n) is 6.41. The van der Waals surface area contributed by atoms with Crippen LogP contribution in [0.4, 0.5) is 5.69 Å². The minimum atomic E-state index is -0.241. The van der Waals surface area contributed by atoms with Gasteiger partial charge in [0.15, 0.2) is 0 Å². The van der Waals surface area contributed by atoms with Crippen molar-refractivity contribution >= 4 is 23.2 Å². The highest BCUT2D eigenvalue weighted by Gasteiger charge is 2.25. The third-order valence-electron chi connectivity index (χ3n) is 4.41. The number of carbonyl (C=O) groups excluding carboxylic acids is 2. The van der Waals surface area contributed by atoms with Gasteiger partial charge < -0.3 is 10.1 Å². The van der Waals surface area contributed by atoms with Crippen molar-refractivity contribution in [3.8, 4) is 5.75 Å². The molecule has 0 spiro atoms. The molecule has 3 rings (SSSR count). The fourth-order valence-corrected chi connectivity index (χ4v) is 3.00. The lowest BCUT2D eigenvalue weighted by molar-refractivity contribution is -0.118. The highest BCUT2D eigenvalue weighted by atomic mass is 16.5. The van der Waals surface area contributed by atoms with E-state index in [-0.39, 0.29) is 18.2 Å². The number of hydrogen-bond acceptors (Lipinski definition) is 4. The van der Waals surface area contributed by atoms with E-state index in [1.807, 2.05) is 37.3 Å². The molecule has 0 radical (unpaired) electrons. The number of amides is 2. The number of aryl methyl sites for hydroxylation is 1. The van der Waals surface area contributed by atoms with E-state index in [9.17, 15) is 9.59 Å². The molecule has 6 nitrogen and oxygen atoms in total. The average molecular weight is 365 g/mol. The Balaban J connectivity index is 1.64. The molecular formula is C21H23N3O3. The van der Waals surface area contributed by atoms with Crippen LogP contribution >= 0.6 is 0 Å². The third kappa shape index (κ3) is 4.53. The minimum absolute atomic E-state index is 0.109. The summed E-state index contributed by atoms with van der Waals surface area (Å²) < 4.78 is 5.37. The average Bonchev–Trinajstić information content (AvgIpc) is 2.69. The van der Waals surface area contributed by atoms with E-state index >= 15 is 0 Å². The maximum Gasteiger partial charge on any atom is 0.267 e. The summed E-state index contributed by atoms with van der Waals surface area (Å²) in [7, 11) is 1.64. The van der Waals surface area contributed by atoms with E-state index in [0.29, 0.717) is 30.8 Å². The van der Waals surface area contributed by atoms with E-state index in [1.54, 1.807) is 19.2 Å². The number of nitrogens with zero attached hydrogens (tertiary/aromatic N) is 2. The largest absolute Gasteiger partial charge is 0.496 e. The standard InChI is InChI=1S/C21H23N3O3/c1-15-8-10-19(27-2)16(14-15)12-13-22-21(26)18-9-11-20(25)24(23-18)17-6-4-3-5-7-17/h3-8,10,14H,9,11-13H2,1-2H3,(H,22,26). The van der Waals surface area contributed by atoms with E-state index in [1.165, 1.54) is 5.01 Å². The van der Waals surface area contributed by atoms with Crippen molar-refractivity contribution < 1.29 is 14.3 Å². The molecule has 2 aromatic carbocycles. The lowest BCUT2D eigenvalue weighted by atomic mass is 10.1. The van der Waals surface area contributed by atoms with Crippen LogP contribution in [0.2, 0.25) is 0 Å². The van der Waals surface area contributed by atoms with Crippen molar-refractivity contribution in [2.45, 2.75) is 26.2 Å². The Bertz CT molecular complexity index is 862. The van der Waals surface area contributed by atoms with Gasteiger partial charge in [0.2, 0.25) is 5.91 Å². The van der Waals surface area contributed by atoms with Gasteiger partial charge >= 0.3 is 0 Å². The first-order valence-electron chi connectivity index (χ1n) is 8.95. The monoisotopic (exact) mass is 365 g/mol. The van der Waals surface area contributed by atoms with Crippen molar-refractivity contribution in [1.29, 1.82) is 0 Å². The molecule has 0 atom stereocenters. The van der Waals surface area contributed by atoms with E-state index < -0.39 is 0 Å². The maximum absolute atomic E-state index is 12.5. The molecule has 2 aromatic rings. The third-order valence-corrected chi connectivity index (χ3v) is 4.41. The lowest BCUT2D eigenvalue weighted by Gasteiger charge is -2.23. The predicted molar refractivity (Wildman–Crippen MR) is 105 cm³/mol. The summed E-state index contributed by atoms with van der Waals surface area (Å²) in [6, 6.07) is 15.1. The number of hydrogen-bond donors (Lipinski definition) is 1. The van der Waals surface area contributed by atoms with Gasteiger partial charge in [0.05, 0.1) is 12.8 Å². The highest BCUT2D eigenvalue weighted by molar-refractivity contribution is 6.40. The SMILES string of the molecule is COc1ccc(C)cc1CCNC(=O)C1=NN(c2ccccc2)C(=O)CC1. The first-order valence-corrected chi connectivity index (χ1v) is 8.95. The van der Waals surface area contributed by atoms with Crippen molar-refractivity contribution in [1.82, 2.24) is 5.32 Å². The zero-order valence-corrected chi connectivity index (χ0v) is 15.6. The Morgan fingerprint density at radius 3 is 2.70 bits per heavy atom. The summed E-state index contributed by atoms with van der Waals surface area (Å²) >= 11 is 0. The van der Waals surface area contributed by atoms with Crippen LogP contribution in [0, 0.1) is 6.92 Å². The van der Waals surface area contributed by atoms with Crippen LogP contribution in [0.25, 0.3) is 0 Å². The molecule has 0 bridgehead atoms. The first-order chi connectivity index (χ1) is 13.1. The Morgan fingerprint density at radius 1 is 1.19 bits per heavy atom. The van der Waals surface area contributed by atoms with Crippen molar-refractivity contribution in [2.24, 2.45) is 5.10 Å². The molecule has 27 heavy (non-hydrogen) atoms. The number of rotatable bonds is 6. The van der Waals surface area contributed by atoms with E-state index in [2.05, 4.69) is 16.5 Å². The Morgan fingerprint density at radius 2 is 1.96 bits per heavy atom. The van der Waals surface area contributed by atoms with Gasteiger partial charge in [0.25, 0.3) is 5.91 Å². The second-order valence-corrected chi connectivity index (χ2v) is 6.41. The van der Waals surface area contributed by atoms with Gasteiger partial charge in [-0.05, 0) is 37.1 Å². The summed E-state index contributed by atoms with van der Waals surface area (Å²) in [5.74, 6) is 0.461. The van der Waals surface area contributed by atoms with Crippen LogP contribution in [0.15, 0.2) is 53.6 Å². The van der Waals surface area contributed by atoms with Crippen molar-refractivity contribution in [2.75, 3.05) is 18.7 Å². The van der Waals surface area contributed by atoms with E-state index in [4.69, 9.17) is 4.74 Å². The van der Waals surface area contributed by atoms with Crippen LogP contribution in [0.3, 0.4) is 0 Å². The highest BCUT2D eigenvalue weighted by Crippen LogP contribution is 2.21. The normalized spacial score (nSPS) is 13.9.